The number of benzene rings is 1. The molecule has 0 fully saturated rings. The molecule has 0 saturated carbocycles. The lowest BCUT2D eigenvalue weighted by Gasteiger charge is -2.38. The fourth-order valence-electron chi connectivity index (χ4n) is 5.96. The summed E-state index contributed by atoms with van der Waals surface area (Å²) in [4.78, 5) is 30.2. The van der Waals surface area contributed by atoms with E-state index in [1.54, 1.807) is 15.6 Å². The van der Waals surface area contributed by atoms with Crippen molar-refractivity contribution in [2.45, 2.75) is 64.6 Å². The molecule has 2 aliphatic heterocycles. The van der Waals surface area contributed by atoms with Crippen molar-refractivity contribution in [2.24, 2.45) is 0 Å². The number of nitrogens with zero attached hydrogens (tertiary/aromatic N) is 6. The monoisotopic (exact) mass is 539 g/mol. The maximum Gasteiger partial charge on any atom is 0.278 e. The summed E-state index contributed by atoms with van der Waals surface area (Å²) < 4.78 is 9.67. The van der Waals surface area contributed by atoms with Crippen LogP contribution in [0.3, 0.4) is 0 Å². The summed E-state index contributed by atoms with van der Waals surface area (Å²) in [5, 5.41) is 3.83. The van der Waals surface area contributed by atoms with E-state index in [2.05, 4.69) is 60.4 Å². The van der Waals surface area contributed by atoms with Crippen LogP contribution in [0, 0.1) is 0 Å². The predicted molar refractivity (Wildman–Crippen MR) is 157 cm³/mol. The van der Waals surface area contributed by atoms with Crippen LogP contribution in [0.15, 0.2) is 59.5 Å². The lowest BCUT2D eigenvalue weighted by atomic mass is 9.78. The van der Waals surface area contributed by atoms with Gasteiger partial charge in [0.25, 0.3) is 5.56 Å². The molecule has 5 heterocycles. The van der Waals surface area contributed by atoms with Crippen molar-refractivity contribution in [3.8, 4) is 5.82 Å². The van der Waals surface area contributed by atoms with Crippen molar-refractivity contribution in [3.63, 3.8) is 0 Å². The van der Waals surface area contributed by atoms with E-state index in [-0.39, 0.29) is 11.0 Å². The van der Waals surface area contributed by atoms with Gasteiger partial charge < -0.3 is 15.0 Å². The second-order valence-corrected chi connectivity index (χ2v) is 12.0. The number of fused-ring (bicyclic) bond motifs is 7. The van der Waals surface area contributed by atoms with Crippen molar-refractivity contribution in [1.29, 1.82) is 0 Å². The minimum atomic E-state index is -0.571. The highest BCUT2D eigenvalue weighted by molar-refractivity contribution is 5.77. The number of hydrogen-bond acceptors (Lipinski definition) is 7. The van der Waals surface area contributed by atoms with E-state index in [1.165, 1.54) is 11.1 Å². The molecule has 0 spiro atoms. The Balaban J connectivity index is 1.45. The summed E-state index contributed by atoms with van der Waals surface area (Å²) in [5.41, 5.74) is 4.25. The quantitative estimate of drug-likeness (QED) is 0.357. The molecule has 0 unspecified atom stereocenters. The van der Waals surface area contributed by atoms with Crippen molar-refractivity contribution >= 4 is 22.7 Å². The number of pyridine rings is 1. The third kappa shape index (κ3) is 4.84. The molecule has 1 aromatic carbocycles. The summed E-state index contributed by atoms with van der Waals surface area (Å²) in [6.45, 7) is 11.6. The molecular formula is C31H37N7O2. The van der Waals surface area contributed by atoms with Gasteiger partial charge in [-0.3, -0.25) is 4.79 Å². The SMILES string of the molecule is CN1Cc2cc(Nc3ncc4c(=O)n5n(c4n3)-c3cccc(n3)C(C)(C)OCCCC=CC5)ccc2C(C)(C)C1. The Bertz CT molecular complexity index is 1660. The number of nitrogens with one attached hydrogen (secondary N) is 1. The fourth-order valence-corrected chi connectivity index (χ4v) is 5.96. The Kier molecular flexibility index (Phi) is 6.59. The molecule has 0 atom stereocenters. The van der Waals surface area contributed by atoms with Crippen molar-refractivity contribution in [2.75, 3.05) is 25.5 Å². The first-order valence-corrected chi connectivity index (χ1v) is 14.0. The number of likely N-dealkylation sites (N-methyl/N-ethyl adjacent to an activating group) is 1. The normalized spacial score (nSPS) is 18.7. The van der Waals surface area contributed by atoms with Gasteiger partial charge >= 0.3 is 0 Å². The molecule has 6 rings (SSSR count). The van der Waals surface area contributed by atoms with Gasteiger partial charge in [-0.2, -0.15) is 4.98 Å². The van der Waals surface area contributed by atoms with Crippen LogP contribution in [0.2, 0.25) is 0 Å². The van der Waals surface area contributed by atoms with Gasteiger partial charge in [0, 0.05) is 37.0 Å². The molecule has 2 aliphatic rings. The Labute approximate surface area is 234 Å². The molecule has 0 amide bonds. The van der Waals surface area contributed by atoms with Gasteiger partial charge in [-0.1, -0.05) is 38.1 Å². The molecular weight excluding hydrogens is 502 g/mol. The molecule has 0 aliphatic carbocycles. The van der Waals surface area contributed by atoms with E-state index in [4.69, 9.17) is 14.7 Å². The van der Waals surface area contributed by atoms with E-state index in [9.17, 15) is 4.79 Å². The summed E-state index contributed by atoms with van der Waals surface area (Å²) >= 11 is 0. The second-order valence-electron chi connectivity index (χ2n) is 12.0. The van der Waals surface area contributed by atoms with Crippen LogP contribution in [-0.4, -0.2) is 49.4 Å². The van der Waals surface area contributed by atoms with Gasteiger partial charge in [-0.05, 0) is 69.1 Å². The molecule has 2 bridgehead atoms. The molecule has 40 heavy (non-hydrogen) atoms. The molecule has 9 heteroatoms. The Morgan fingerprint density at radius 2 is 1.90 bits per heavy atom. The Morgan fingerprint density at radius 1 is 1.05 bits per heavy atom. The number of ether oxygens (including phenoxy) is 1. The van der Waals surface area contributed by atoms with Crippen LogP contribution < -0.4 is 10.9 Å². The number of allylic oxidation sites excluding steroid dienone is 2. The maximum absolute atomic E-state index is 13.6. The minimum absolute atomic E-state index is 0.0876. The van der Waals surface area contributed by atoms with Crippen LogP contribution in [0.1, 0.15) is 57.4 Å². The number of hydrogen-bond donors (Lipinski definition) is 1. The van der Waals surface area contributed by atoms with Crippen molar-refractivity contribution < 1.29 is 4.74 Å². The largest absolute Gasteiger partial charge is 0.369 e. The lowest BCUT2D eigenvalue weighted by molar-refractivity contribution is -0.0255. The van der Waals surface area contributed by atoms with Gasteiger partial charge in [0.15, 0.2) is 11.5 Å². The summed E-state index contributed by atoms with van der Waals surface area (Å²) in [5.74, 6) is 1.03. The molecule has 4 aromatic rings. The number of anilines is 2. The highest BCUT2D eigenvalue weighted by atomic mass is 16.5. The fraction of sp³-hybridized carbons (Fsp3) is 0.419. The zero-order valence-electron chi connectivity index (χ0n) is 23.9. The third-order valence-electron chi connectivity index (χ3n) is 7.86. The van der Waals surface area contributed by atoms with Crippen LogP contribution in [0.25, 0.3) is 16.9 Å². The molecule has 0 saturated heterocycles. The van der Waals surface area contributed by atoms with Crippen LogP contribution >= 0.6 is 0 Å². The van der Waals surface area contributed by atoms with E-state index < -0.39 is 5.60 Å². The predicted octanol–water partition coefficient (Wildman–Crippen LogP) is 5.05. The number of aromatic nitrogens is 5. The van der Waals surface area contributed by atoms with Gasteiger partial charge in [-0.25, -0.2) is 19.3 Å². The summed E-state index contributed by atoms with van der Waals surface area (Å²) in [7, 11) is 2.15. The number of rotatable bonds is 2. The average molecular weight is 540 g/mol. The minimum Gasteiger partial charge on any atom is -0.369 e. The smallest absolute Gasteiger partial charge is 0.278 e. The van der Waals surface area contributed by atoms with Crippen molar-refractivity contribution in [3.05, 3.63) is 81.9 Å². The van der Waals surface area contributed by atoms with Gasteiger partial charge in [0.05, 0.1) is 12.2 Å². The average Bonchev–Trinajstić information content (AvgIpc) is 3.17. The first kappa shape index (κ1) is 26.4. The summed E-state index contributed by atoms with van der Waals surface area (Å²) in [6, 6.07) is 12.3. The summed E-state index contributed by atoms with van der Waals surface area (Å²) in [6.07, 6.45) is 7.49. The standard InChI is InChI=1S/C31H37N7O2/c1-30(2)20-36(5)19-21-17-22(13-14-24(21)30)33-29-32-18-23-27(35-29)38-26-12-10-11-25(34-26)31(3,4)40-16-9-7-6-8-15-37(38)28(23)39/h6,8,10-14,17-18H,7,9,15-16,19-20H2,1-5H3,(H,32,33,35). The third-order valence-corrected chi connectivity index (χ3v) is 7.86. The zero-order valence-corrected chi connectivity index (χ0v) is 23.9. The topological polar surface area (TPSA) is 90.1 Å². The lowest BCUT2D eigenvalue weighted by Crippen LogP contribution is -2.39. The molecule has 9 nitrogen and oxygen atoms in total. The van der Waals surface area contributed by atoms with Crippen molar-refractivity contribution in [1.82, 2.24) is 29.2 Å². The van der Waals surface area contributed by atoms with Gasteiger partial charge in [0.1, 0.15) is 11.0 Å². The zero-order chi connectivity index (χ0) is 28.1. The molecule has 0 radical (unpaired) electrons. The van der Waals surface area contributed by atoms with E-state index in [1.807, 2.05) is 38.1 Å². The van der Waals surface area contributed by atoms with E-state index >= 15 is 0 Å². The first-order valence-electron chi connectivity index (χ1n) is 14.0. The first-order chi connectivity index (χ1) is 19.1. The molecule has 3 aromatic heterocycles. The van der Waals surface area contributed by atoms with Gasteiger partial charge in [0.2, 0.25) is 5.95 Å². The Morgan fingerprint density at radius 3 is 2.75 bits per heavy atom. The highest BCUT2D eigenvalue weighted by Gasteiger charge is 2.30. The Hall–Kier alpha value is -3.82. The van der Waals surface area contributed by atoms with Crippen LogP contribution in [0.5, 0.6) is 0 Å². The molecule has 1 N–H and O–H groups in total. The van der Waals surface area contributed by atoms with E-state index in [0.717, 1.165) is 37.3 Å². The van der Waals surface area contributed by atoms with E-state index in [0.29, 0.717) is 36.0 Å². The van der Waals surface area contributed by atoms with Crippen LogP contribution in [0.4, 0.5) is 11.6 Å². The maximum atomic E-state index is 13.6. The molecule has 208 valence electrons. The van der Waals surface area contributed by atoms with Crippen LogP contribution in [-0.2, 0) is 28.8 Å². The van der Waals surface area contributed by atoms with Gasteiger partial charge in [-0.15, -0.1) is 0 Å². The highest BCUT2D eigenvalue weighted by Crippen LogP contribution is 2.34. The second kappa shape index (κ2) is 9.98.